The lowest BCUT2D eigenvalue weighted by atomic mass is 9.75. The Labute approximate surface area is 143 Å². The van der Waals surface area contributed by atoms with Crippen molar-refractivity contribution in [3.63, 3.8) is 0 Å². The first-order valence-electron chi connectivity index (χ1n) is 7.90. The number of hydrogen-bond acceptors (Lipinski definition) is 4. The van der Waals surface area contributed by atoms with Crippen molar-refractivity contribution in [2.45, 2.75) is 38.9 Å². The third-order valence-corrected chi connectivity index (χ3v) is 4.35. The van der Waals surface area contributed by atoms with Gasteiger partial charge in [-0.25, -0.2) is 0 Å². The molecule has 0 saturated heterocycles. The van der Waals surface area contributed by atoms with E-state index in [4.69, 9.17) is 4.65 Å². The van der Waals surface area contributed by atoms with Crippen LogP contribution < -0.4 is 5.46 Å². The standard InChI is InChI=1S/C19H23BO4/c1-18(2,22)19(3,4)24-20(23)16-12-8-11-15(13-16)17(21)14-9-6-5-7-10-14/h5-13,22-23H,1-4H3. The SMILES string of the molecule is CC(C)(O)C(C)(C)OB(O)c1cccc(C(=O)c2ccccc2)c1. The van der Waals surface area contributed by atoms with Gasteiger partial charge in [0.25, 0.3) is 0 Å². The van der Waals surface area contributed by atoms with Crippen molar-refractivity contribution in [1.82, 2.24) is 0 Å². The highest BCUT2D eigenvalue weighted by Gasteiger charge is 2.39. The predicted octanol–water partition coefficient (Wildman–Crippen LogP) is 2.17. The van der Waals surface area contributed by atoms with Crippen molar-refractivity contribution in [2.75, 3.05) is 0 Å². The van der Waals surface area contributed by atoms with Crippen LogP contribution >= 0.6 is 0 Å². The lowest BCUT2D eigenvalue weighted by Gasteiger charge is -2.38. The second-order valence-corrected chi connectivity index (χ2v) is 6.86. The van der Waals surface area contributed by atoms with Crippen LogP contribution in [-0.2, 0) is 4.65 Å². The van der Waals surface area contributed by atoms with Crippen LogP contribution in [0.5, 0.6) is 0 Å². The molecule has 0 aliphatic carbocycles. The molecule has 0 aliphatic rings. The first-order chi connectivity index (χ1) is 11.1. The molecule has 2 N–H and O–H groups in total. The molecule has 24 heavy (non-hydrogen) atoms. The van der Waals surface area contributed by atoms with Crippen LogP contribution in [0, 0.1) is 0 Å². The Morgan fingerprint density at radius 1 is 0.958 bits per heavy atom. The van der Waals surface area contributed by atoms with E-state index in [-0.39, 0.29) is 5.78 Å². The average Bonchev–Trinajstić information content (AvgIpc) is 2.53. The summed E-state index contributed by atoms with van der Waals surface area (Å²) in [5.74, 6) is -0.119. The third kappa shape index (κ3) is 4.12. The van der Waals surface area contributed by atoms with E-state index >= 15 is 0 Å². The highest BCUT2D eigenvalue weighted by atomic mass is 16.5. The molecule has 2 aromatic carbocycles. The first-order valence-corrected chi connectivity index (χ1v) is 7.90. The molecule has 0 bridgehead atoms. The van der Waals surface area contributed by atoms with Gasteiger partial charge in [-0.3, -0.25) is 4.79 Å². The Bertz CT molecular complexity index is 705. The van der Waals surface area contributed by atoms with Gasteiger partial charge in [0.1, 0.15) is 0 Å². The van der Waals surface area contributed by atoms with Crippen molar-refractivity contribution < 1.29 is 19.6 Å². The monoisotopic (exact) mass is 326 g/mol. The van der Waals surface area contributed by atoms with Crippen LogP contribution in [0.2, 0.25) is 0 Å². The van der Waals surface area contributed by atoms with Gasteiger partial charge < -0.3 is 14.8 Å². The molecular weight excluding hydrogens is 303 g/mol. The molecule has 0 fully saturated rings. The molecule has 0 radical (unpaired) electrons. The number of aliphatic hydroxyl groups is 1. The molecule has 126 valence electrons. The molecule has 0 aromatic heterocycles. The molecule has 0 unspecified atom stereocenters. The largest absolute Gasteiger partial charge is 0.491 e. The van der Waals surface area contributed by atoms with E-state index in [1.165, 1.54) is 0 Å². The van der Waals surface area contributed by atoms with E-state index in [2.05, 4.69) is 0 Å². The summed E-state index contributed by atoms with van der Waals surface area (Å²) >= 11 is 0. The Kier molecular flexibility index (Phi) is 5.28. The van der Waals surface area contributed by atoms with Crippen LogP contribution in [0.25, 0.3) is 0 Å². The van der Waals surface area contributed by atoms with Gasteiger partial charge in [-0.05, 0) is 33.2 Å². The van der Waals surface area contributed by atoms with Crippen molar-refractivity contribution in [3.8, 4) is 0 Å². The first kappa shape index (κ1) is 18.4. The van der Waals surface area contributed by atoms with E-state index in [1.54, 1.807) is 76.2 Å². The number of carbonyl (C=O) groups excluding carboxylic acids is 1. The van der Waals surface area contributed by atoms with Gasteiger partial charge in [0.05, 0.1) is 11.2 Å². The van der Waals surface area contributed by atoms with Gasteiger partial charge in [0.15, 0.2) is 5.78 Å². The lowest BCUT2D eigenvalue weighted by molar-refractivity contribution is -0.0982. The van der Waals surface area contributed by atoms with Crippen LogP contribution in [0.4, 0.5) is 0 Å². The molecule has 0 aliphatic heterocycles. The predicted molar refractivity (Wildman–Crippen MR) is 95.4 cm³/mol. The number of rotatable bonds is 6. The molecule has 2 rings (SSSR count). The lowest BCUT2D eigenvalue weighted by Crippen LogP contribution is -2.53. The summed E-state index contributed by atoms with van der Waals surface area (Å²) in [7, 11) is -1.24. The Morgan fingerprint density at radius 2 is 1.54 bits per heavy atom. The minimum atomic E-state index is -1.24. The Balaban J connectivity index is 2.23. The Morgan fingerprint density at radius 3 is 2.12 bits per heavy atom. The summed E-state index contributed by atoms with van der Waals surface area (Å²) in [4.78, 5) is 12.5. The Hall–Kier alpha value is -1.95. The van der Waals surface area contributed by atoms with Gasteiger partial charge in [0.2, 0.25) is 0 Å². The zero-order valence-electron chi connectivity index (χ0n) is 14.5. The molecule has 4 nitrogen and oxygen atoms in total. The number of hydrogen-bond donors (Lipinski definition) is 2. The van der Waals surface area contributed by atoms with Crippen molar-refractivity contribution >= 4 is 18.4 Å². The van der Waals surface area contributed by atoms with E-state index in [0.717, 1.165) is 0 Å². The van der Waals surface area contributed by atoms with Crippen molar-refractivity contribution in [2.24, 2.45) is 0 Å². The molecule has 0 saturated carbocycles. The fourth-order valence-electron chi connectivity index (χ4n) is 2.08. The normalized spacial score (nSPS) is 12.1. The van der Waals surface area contributed by atoms with Gasteiger partial charge in [-0.15, -0.1) is 0 Å². The third-order valence-electron chi connectivity index (χ3n) is 4.35. The molecule has 0 amide bonds. The van der Waals surface area contributed by atoms with Gasteiger partial charge in [-0.2, -0.15) is 0 Å². The number of ketones is 1. The average molecular weight is 326 g/mol. The van der Waals surface area contributed by atoms with Crippen molar-refractivity contribution in [3.05, 3.63) is 65.7 Å². The van der Waals surface area contributed by atoms with Crippen LogP contribution in [0.3, 0.4) is 0 Å². The summed E-state index contributed by atoms with van der Waals surface area (Å²) in [6, 6.07) is 15.7. The van der Waals surface area contributed by atoms with E-state index < -0.39 is 18.3 Å². The molecule has 5 heteroatoms. The maximum atomic E-state index is 12.5. The summed E-state index contributed by atoms with van der Waals surface area (Å²) in [6.45, 7) is 6.65. The van der Waals surface area contributed by atoms with Gasteiger partial charge in [0, 0.05) is 11.1 Å². The summed E-state index contributed by atoms with van der Waals surface area (Å²) in [5, 5.41) is 20.5. The summed E-state index contributed by atoms with van der Waals surface area (Å²) in [6.07, 6.45) is 0. The van der Waals surface area contributed by atoms with E-state index in [0.29, 0.717) is 16.6 Å². The maximum absolute atomic E-state index is 12.5. The fourth-order valence-corrected chi connectivity index (χ4v) is 2.08. The molecule has 0 atom stereocenters. The van der Waals surface area contributed by atoms with E-state index in [9.17, 15) is 14.9 Å². The molecular formula is C19H23BO4. The topological polar surface area (TPSA) is 66.8 Å². The van der Waals surface area contributed by atoms with Crippen molar-refractivity contribution in [1.29, 1.82) is 0 Å². The van der Waals surface area contributed by atoms with Crippen LogP contribution in [-0.4, -0.2) is 34.2 Å². The van der Waals surface area contributed by atoms with Gasteiger partial charge in [-0.1, -0.05) is 54.6 Å². The van der Waals surface area contributed by atoms with E-state index in [1.807, 2.05) is 6.07 Å². The maximum Gasteiger partial charge on any atom is 0.491 e. The second-order valence-electron chi connectivity index (χ2n) is 6.86. The fraction of sp³-hybridized carbons (Fsp3) is 0.316. The van der Waals surface area contributed by atoms with Gasteiger partial charge >= 0.3 is 7.12 Å². The number of carbonyl (C=O) groups is 1. The zero-order chi connectivity index (χ0) is 18.0. The molecule has 0 heterocycles. The molecule has 0 spiro atoms. The summed E-state index contributed by atoms with van der Waals surface area (Å²) in [5.41, 5.74) is -0.574. The smallest absolute Gasteiger partial charge is 0.423 e. The second kappa shape index (κ2) is 6.89. The quantitative estimate of drug-likeness (QED) is 0.631. The minimum Gasteiger partial charge on any atom is -0.423 e. The highest BCUT2D eigenvalue weighted by Crippen LogP contribution is 2.25. The minimum absolute atomic E-state index is 0.119. The zero-order valence-corrected chi connectivity index (χ0v) is 14.5. The molecule has 2 aromatic rings. The van der Waals surface area contributed by atoms with Crippen LogP contribution in [0.1, 0.15) is 43.6 Å². The van der Waals surface area contributed by atoms with Crippen LogP contribution in [0.15, 0.2) is 54.6 Å². The summed E-state index contributed by atoms with van der Waals surface area (Å²) < 4.78 is 5.62. The number of benzene rings is 2. The highest BCUT2D eigenvalue weighted by molar-refractivity contribution is 6.60.